The molecule has 2 heterocycles. The highest BCUT2D eigenvalue weighted by atomic mass is 32.1. The van der Waals surface area contributed by atoms with E-state index in [-0.39, 0.29) is 18.6 Å². The van der Waals surface area contributed by atoms with E-state index in [1.807, 2.05) is 36.7 Å². The minimum Gasteiger partial charge on any atom is -0.394 e. The molecular formula is C16H20N2O2S. The van der Waals surface area contributed by atoms with Crippen LogP contribution < -0.4 is 0 Å². The summed E-state index contributed by atoms with van der Waals surface area (Å²) in [5.41, 5.74) is 2.60. The molecule has 0 aliphatic rings. The van der Waals surface area contributed by atoms with Crippen LogP contribution in [0.25, 0.3) is 0 Å². The van der Waals surface area contributed by atoms with Gasteiger partial charge in [-0.15, -0.1) is 0 Å². The summed E-state index contributed by atoms with van der Waals surface area (Å²) in [4.78, 5) is 18.6. The Morgan fingerprint density at radius 2 is 2.29 bits per heavy atom. The Morgan fingerprint density at radius 3 is 2.86 bits per heavy atom. The first-order valence-corrected chi connectivity index (χ1v) is 7.94. The van der Waals surface area contributed by atoms with Crippen molar-refractivity contribution in [3.63, 3.8) is 0 Å². The van der Waals surface area contributed by atoms with Crippen LogP contribution >= 0.6 is 11.3 Å². The molecule has 5 heteroatoms. The number of amides is 1. The molecule has 0 aliphatic heterocycles. The molecule has 0 aromatic carbocycles. The molecule has 0 fully saturated rings. The largest absolute Gasteiger partial charge is 0.394 e. The number of hydrogen-bond acceptors (Lipinski definition) is 4. The Hall–Kier alpha value is -1.72. The highest BCUT2D eigenvalue weighted by Crippen LogP contribution is 2.17. The molecule has 0 radical (unpaired) electrons. The highest BCUT2D eigenvalue weighted by Gasteiger charge is 2.23. The van der Waals surface area contributed by atoms with Gasteiger partial charge in [0.15, 0.2) is 0 Å². The summed E-state index contributed by atoms with van der Waals surface area (Å²) in [5.74, 6) is -0.0849. The van der Waals surface area contributed by atoms with E-state index in [2.05, 4.69) is 4.98 Å². The number of aliphatic hydroxyl groups is 1. The van der Waals surface area contributed by atoms with Crippen LogP contribution in [0.4, 0.5) is 0 Å². The number of aliphatic hydroxyl groups excluding tert-OH is 1. The molecule has 2 aromatic heterocycles. The van der Waals surface area contributed by atoms with Gasteiger partial charge in [-0.1, -0.05) is 6.92 Å². The lowest BCUT2D eigenvalue weighted by Gasteiger charge is -2.30. The van der Waals surface area contributed by atoms with Crippen molar-refractivity contribution >= 4 is 17.2 Å². The normalized spacial score (nSPS) is 12.1. The third-order valence-corrected chi connectivity index (χ3v) is 4.17. The zero-order valence-electron chi connectivity index (χ0n) is 12.3. The summed E-state index contributed by atoms with van der Waals surface area (Å²) in [6, 6.07) is 3.65. The molecule has 1 amide bonds. The second-order valence-corrected chi connectivity index (χ2v) is 5.84. The predicted molar refractivity (Wildman–Crippen MR) is 84.3 cm³/mol. The number of nitrogens with zero attached hydrogens (tertiary/aromatic N) is 2. The van der Waals surface area contributed by atoms with Crippen molar-refractivity contribution in [1.29, 1.82) is 0 Å². The molecule has 0 bridgehead atoms. The Kier molecular flexibility index (Phi) is 5.47. The second kappa shape index (κ2) is 7.33. The fourth-order valence-electron chi connectivity index (χ4n) is 2.23. The zero-order chi connectivity index (χ0) is 15.2. The monoisotopic (exact) mass is 304 g/mol. The van der Waals surface area contributed by atoms with E-state index >= 15 is 0 Å². The first-order valence-electron chi connectivity index (χ1n) is 7.00. The quantitative estimate of drug-likeness (QED) is 0.893. The van der Waals surface area contributed by atoms with Crippen molar-refractivity contribution < 1.29 is 9.90 Å². The van der Waals surface area contributed by atoms with Crippen LogP contribution in [0, 0.1) is 6.92 Å². The van der Waals surface area contributed by atoms with Crippen molar-refractivity contribution in [3.05, 3.63) is 52.0 Å². The number of aryl methyl sites for hydroxylation is 1. The molecule has 0 saturated carbocycles. The van der Waals surface area contributed by atoms with Gasteiger partial charge in [-0.2, -0.15) is 11.3 Å². The van der Waals surface area contributed by atoms with Gasteiger partial charge >= 0.3 is 0 Å². The van der Waals surface area contributed by atoms with Gasteiger partial charge < -0.3 is 10.0 Å². The van der Waals surface area contributed by atoms with Gasteiger partial charge in [0.2, 0.25) is 0 Å². The number of hydrogen-bond donors (Lipinski definition) is 1. The first-order chi connectivity index (χ1) is 10.2. The number of rotatable bonds is 6. The van der Waals surface area contributed by atoms with Gasteiger partial charge in [-0.25, -0.2) is 0 Å². The number of thiophene rings is 1. The summed E-state index contributed by atoms with van der Waals surface area (Å²) in [6.45, 7) is 4.36. The van der Waals surface area contributed by atoms with Gasteiger partial charge in [0, 0.05) is 18.9 Å². The topological polar surface area (TPSA) is 53.4 Å². The van der Waals surface area contributed by atoms with Gasteiger partial charge in [0.1, 0.15) is 0 Å². The lowest BCUT2D eigenvalue weighted by Crippen LogP contribution is -2.41. The van der Waals surface area contributed by atoms with Crippen LogP contribution in [0.3, 0.4) is 0 Å². The Morgan fingerprint density at radius 1 is 1.48 bits per heavy atom. The lowest BCUT2D eigenvalue weighted by atomic mass is 10.1. The van der Waals surface area contributed by atoms with E-state index in [0.717, 1.165) is 11.1 Å². The minimum atomic E-state index is -0.182. The molecular weight excluding hydrogens is 284 g/mol. The molecule has 0 unspecified atom stereocenters. The van der Waals surface area contributed by atoms with Crippen molar-refractivity contribution in [1.82, 2.24) is 9.88 Å². The lowest BCUT2D eigenvalue weighted by molar-refractivity contribution is 0.0563. The highest BCUT2D eigenvalue weighted by molar-refractivity contribution is 7.07. The van der Waals surface area contributed by atoms with E-state index in [4.69, 9.17) is 0 Å². The van der Waals surface area contributed by atoms with Crippen molar-refractivity contribution in [2.75, 3.05) is 6.61 Å². The van der Waals surface area contributed by atoms with Crippen molar-refractivity contribution in [2.45, 2.75) is 32.9 Å². The number of pyridine rings is 1. The molecule has 2 rings (SSSR count). The fourth-order valence-corrected chi connectivity index (χ4v) is 2.89. The van der Waals surface area contributed by atoms with Gasteiger partial charge in [0.25, 0.3) is 5.91 Å². The standard InChI is InChI=1S/C16H20N2O2S/c1-3-15(10-19)18(9-13-4-5-21-11-13)16(20)14-6-12(2)7-17-8-14/h4-8,11,15,19H,3,9-10H2,1-2H3/t15-/m1/s1. The molecule has 0 spiro atoms. The van der Waals surface area contributed by atoms with Crippen LogP contribution in [0.2, 0.25) is 0 Å². The zero-order valence-corrected chi connectivity index (χ0v) is 13.1. The average Bonchev–Trinajstić information content (AvgIpc) is 3.00. The predicted octanol–water partition coefficient (Wildman–Crippen LogP) is 2.86. The van der Waals surface area contributed by atoms with E-state index in [1.54, 1.807) is 28.6 Å². The number of carbonyl (C=O) groups is 1. The van der Waals surface area contributed by atoms with Gasteiger partial charge in [-0.3, -0.25) is 9.78 Å². The first kappa shape index (κ1) is 15.7. The molecule has 0 saturated heterocycles. The Balaban J connectivity index is 2.27. The molecule has 112 valence electrons. The summed E-state index contributed by atoms with van der Waals surface area (Å²) in [6.07, 6.45) is 4.02. The van der Waals surface area contributed by atoms with E-state index in [1.165, 1.54) is 0 Å². The average molecular weight is 304 g/mol. The maximum Gasteiger partial charge on any atom is 0.256 e. The minimum absolute atomic E-state index is 0.0361. The SMILES string of the molecule is CC[C@H](CO)N(Cc1ccsc1)C(=O)c1cncc(C)c1. The smallest absolute Gasteiger partial charge is 0.256 e. The molecule has 4 nitrogen and oxygen atoms in total. The number of aromatic nitrogens is 1. The molecule has 1 N–H and O–H groups in total. The number of carbonyl (C=O) groups excluding carboxylic acids is 1. The third-order valence-electron chi connectivity index (χ3n) is 3.44. The van der Waals surface area contributed by atoms with E-state index in [9.17, 15) is 9.90 Å². The van der Waals surface area contributed by atoms with Crippen LogP contribution in [0.1, 0.15) is 34.8 Å². The van der Waals surface area contributed by atoms with Crippen LogP contribution in [-0.2, 0) is 6.54 Å². The summed E-state index contributed by atoms with van der Waals surface area (Å²) in [5, 5.41) is 13.6. The molecule has 0 aliphatic carbocycles. The molecule has 2 aromatic rings. The van der Waals surface area contributed by atoms with E-state index < -0.39 is 0 Å². The fraction of sp³-hybridized carbons (Fsp3) is 0.375. The Labute approximate surface area is 129 Å². The van der Waals surface area contributed by atoms with Gasteiger partial charge in [-0.05, 0) is 47.4 Å². The van der Waals surface area contributed by atoms with Crippen LogP contribution in [0.15, 0.2) is 35.3 Å². The van der Waals surface area contributed by atoms with Crippen LogP contribution in [0.5, 0.6) is 0 Å². The van der Waals surface area contributed by atoms with Crippen molar-refractivity contribution in [2.24, 2.45) is 0 Å². The van der Waals surface area contributed by atoms with E-state index in [0.29, 0.717) is 18.5 Å². The maximum absolute atomic E-state index is 12.8. The maximum atomic E-state index is 12.8. The summed E-state index contributed by atoms with van der Waals surface area (Å²) in [7, 11) is 0. The van der Waals surface area contributed by atoms with Crippen LogP contribution in [-0.4, -0.2) is 33.5 Å². The third kappa shape index (κ3) is 3.89. The summed E-state index contributed by atoms with van der Waals surface area (Å²) < 4.78 is 0. The second-order valence-electron chi connectivity index (χ2n) is 5.06. The van der Waals surface area contributed by atoms with Crippen molar-refractivity contribution in [3.8, 4) is 0 Å². The Bertz CT molecular complexity index is 580. The molecule has 21 heavy (non-hydrogen) atoms. The van der Waals surface area contributed by atoms with Gasteiger partial charge in [0.05, 0.1) is 18.2 Å². The molecule has 1 atom stereocenters. The summed E-state index contributed by atoms with van der Waals surface area (Å²) >= 11 is 1.61.